The van der Waals surface area contributed by atoms with Crippen molar-refractivity contribution in [2.45, 2.75) is 70.4 Å². The molecule has 1 aliphatic heterocycles. The van der Waals surface area contributed by atoms with Crippen molar-refractivity contribution in [2.24, 2.45) is 0 Å². The van der Waals surface area contributed by atoms with Crippen molar-refractivity contribution in [1.82, 2.24) is 10.6 Å². The largest absolute Gasteiger partial charge is 0.497 e. The lowest BCUT2D eigenvalue weighted by Gasteiger charge is -2.44. The third kappa shape index (κ3) is 11.8. The minimum absolute atomic E-state index is 0.0677. The van der Waals surface area contributed by atoms with Crippen LogP contribution in [0.4, 0.5) is 9.59 Å². The number of carbonyl (C=O) groups excluding carboxylic acids is 2. The maximum Gasteiger partial charge on any atom is 0.408 e. The molecule has 3 aromatic rings. The number of amides is 2. The fourth-order valence-electron chi connectivity index (χ4n) is 4.88. The van der Waals surface area contributed by atoms with E-state index in [1.165, 1.54) is 0 Å². The molecule has 5 atom stereocenters. The zero-order valence-corrected chi connectivity index (χ0v) is 28.4. The number of nitrogens with one attached hydrogen (secondary N) is 2. The number of methoxy groups -OCH3 is 1. The topological polar surface area (TPSA) is 123 Å². The van der Waals surface area contributed by atoms with Crippen LogP contribution in [0.3, 0.4) is 0 Å². The predicted octanol–water partition coefficient (Wildman–Crippen LogP) is 5.73. The Morgan fingerprint density at radius 2 is 1.43 bits per heavy atom. The van der Waals surface area contributed by atoms with Crippen molar-refractivity contribution >= 4 is 28.1 Å². The van der Waals surface area contributed by atoms with E-state index in [1.54, 1.807) is 7.11 Å². The monoisotopic (exact) mass is 714 g/mol. The summed E-state index contributed by atoms with van der Waals surface area (Å²) in [5.74, 6) is 0.740. The van der Waals surface area contributed by atoms with Gasteiger partial charge in [0.25, 0.3) is 0 Å². The van der Waals surface area contributed by atoms with Gasteiger partial charge in [0.1, 0.15) is 18.0 Å². The Balaban J connectivity index is 1.59. The van der Waals surface area contributed by atoms with Crippen molar-refractivity contribution in [1.29, 1.82) is 0 Å². The Hall–Kier alpha value is -3.68. The number of hydrogen-bond donors (Lipinski definition) is 2. The van der Waals surface area contributed by atoms with Crippen LogP contribution in [0.25, 0.3) is 0 Å². The highest BCUT2D eigenvalue weighted by Crippen LogP contribution is 2.31. The smallest absolute Gasteiger partial charge is 0.408 e. The van der Waals surface area contributed by atoms with E-state index < -0.39 is 42.9 Å². The molecule has 0 aliphatic carbocycles. The molecule has 0 aromatic heterocycles. The molecule has 12 heteroatoms. The predicted molar refractivity (Wildman–Crippen MR) is 178 cm³/mol. The van der Waals surface area contributed by atoms with Gasteiger partial charge in [-0.15, -0.1) is 0 Å². The molecule has 47 heavy (non-hydrogen) atoms. The minimum Gasteiger partial charge on any atom is -0.497 e. The molecule has 0 radical (unpaired) electrons. The first-order valence-corrected chi connectivity index (χ1v) is 16.6. The second-order valence-corrected chi connectivity index (χ2v) is 11.9. The summed E-state index contributed by atoms with van der Waals surface area (Å²) in [6, 6.07) is 26.3. The van der Waals surface area contributed by atoms with E-state index in [0.717, 1.165) is 22.4 Å². The number of halogens is 1. The highest BCUT2D eigenvalue weighted by Gasteiger charge is 2.52. The van der Waals surface area contributed by atoms with Gasteiger partial charge in [0, 0.05) is 17.9 Å². The number of alkyl halides is 1. The molecular formula is C35H43BrN2O9. The van der Waals surface area contributed by atoms with E-state index in [2.05, 4.69) is 26.6 Å². The first-order valence-electron chi connectivity index (χ1n) is 15.5. The molecule has 1 fully saturated rings. The third-order valence-corrected chi connectivity index (χ3v) is 7.44. The van der Waals surface area contributed by atoms with Crippen LogP contribution >= 0.6 is 15.9 Å². The van der Waals surface area contributed by atoms with Gasteiger partial charge >= 0.3 is 12.2 Å². The lowest BCUT2D eigenvalue weighted by Crippen LogP contribution is -2.63. The SMILES string of the molecule is COc1ccc(COC[C@H]2O[C@@H](OCCBr)[C@H](OC(=O)NCc3ccccc3)[C@@H](OC(=O)NC(C)C)[C@@H]2OCc2ccccc2)cc1. The standard InChI is InChI=1S/C35H43BrN2O9/c1-24(2)38-35(40)46-31-30(44-22-26-12-8-5-9-13-26)29(23-42-21-27-14-16-28(41-3)17-15-27)45-33(43-19-18-36)32(31)47-34(39)37-20-25-10-6-4-7-11-25/h4-17,24,29-33H,18-23H2,1-3H3,(H,37,39)(H,38,40)/t29-,30-,31+,32-,33-/m1/s1. The summed E-state index contributed by atoms with van der Waals surface area (Å²) in [6.45, 7) is 4.62. The van der Waals surface area contributed by atoms with Crippen LogP contribution in [0.1, 0.15) is 30.5 Å². The number of hydrogen-bond acceptors (Lipinski definition) is 9. The van der Waals surface area contributed by atoms with E-state index in [9.17, 15) is 9.59 Å². The van der Waals surface area contributed by atoms with Gasteiger partial charge in [-0.2, -0.15) is 0 Å². The quantitative estimate of drug-likeness (QED) is 0.179. The summed E-state index contributed by atoms with van der Waals surface area (Å²) >= 11 is 3.38. The maximum absolute atomic E-state index is 13.2. The summed E-state index contributed by atoms with van der Waals surface area (Å²) in [7, 11) is 1.61. The average molecular weight is 716 g/mol. The maximum atomic E-state index is 13.2. The summed E-state index contributed by atoms with van der Waals surface area (Å²) in [5.41, 5.74) is 2.71. The number of ether oxygens (including phenoxy) is 7. The first kappa shape index (κ1) is 36.2. The van der Waals surface area contributed by atoms with Crippen LogP contribution in [0.15, 0.2) is 84.9 Å². The van der Waals surface area contributed by atoms with E-state index in [1.807, 2.05) is 98.8 Å². The van der Waals surface area contributed by atoms with Crippen molar-refractivity contribution in [3.05, 3.63) is 102 Å². The van der Waals surface area contributed by atoms with E-state index in [-0.39, 0.29) is 39.0 Å². The number of benzene rings is 3. The summed E-state index contributed by atoms with van der Waals surface area (Å²) < 4.78 is 42.1. The van der Waals surface area contributed by atoms with Crippen molar-refractivity contribution in [3.8, 4) is 5.75 Å². The molecule has 0 unspecified atom stereocenters. The van der Waals surface area contributed by atoms with Gasteiger partial charge in [-0.1, -0.05) is 88.7 Å². The zero-order chi connectivity index (χ0) is 33.4. The van der Waals surface area contributed by atoms with Gasteiger partial charge in [0.05, 0.1) is 33.5 Å². The molecular weight excluding hydrogens is 672 g/mol. The van der Waals surface area contributed by atoms with Crippen LogP contribution in [-0.2, 0) is 48.2 Å². The van der Waals surface area contributed by atoms with Gasteiger partial charge in [0.15, 0.2) is 18.5 Å². The summed E-state index contributed by atoms with van der Waals surface area (Å²) in [5, 5.41) is 6.00. The van der Waals surface area contributed by atoms with Crippen LogP contribution in [0, 0.1) is 0 Å². The van der Waals surface area contributed by atoms with Gasteiger partial charge in [0.2, 0.25) is 0 Å². The molecule has 1 heterocycles. The van der Waals surface area contributed by atoms with Crippen molar-refractivity contribution in [2.75, 3.05) is 25.7 Å². The first-order chi connectivity index (χ1) is 22.9. The number of carbonyl (C=O) groups is 2. The Morgan fingerprint density at radius 3 is 2.06 bits per heavy atom. The Morgan fingerprint density at radius 1 is 0.787 bits per heavy atom. The third-order valence-electron chi connectivity index (χ3n) is 7.12. The molecule has 2 amide bonds. The van der Waals surface area contributed by atoms with Gasteiger partial charge in [-0.3, -0.25) is 0 Å². The molecule has 4 rings (SSSR count). The zero-order valence-electron chi connectivity index (χ0n) is 26.8. The highest BCUT2D eigenvalue weighted by atomic mass is 79.9. The van der Waals surface area contributed by atoms with Gasteiger partial charge in [-0.05, 0) is 42.7 Å². The summed E-state index contributed by atoms with van der Waals surface area (Å²) in [4.78, 5) is 26.3. The molecule has 11 nitrogen and oxygen atoms in total. The summed E-state index contributed by atoms with van der Waals surface area (Å²) in [6.07, 6.45) is -6.50. The molecule has 1 saturated heterocycles. The fraction of sp³-hybridized carbons (Fsp3) is 0.429. The van der Waals surface area contributed by atoms with E-state index >= 15 is 0 Å². The highest BCUT2D eigenvalue weighted by molar-refractivity contribution is 9.09. The molecule has 0 spiro atoms. The second-order valence-electron chi connectivity index (χ2n) is 11.1. The van der Waals surface area contributed by atoms with Crippen LogP contribution in [-0.4, -0.2) is 74.6 Å². The van der Waals surface area contributed by atoms with E-state index in [0.29, 0.717) is 5.33 Å². The number of rotatable bonds is 16. The molecule has 2 N–H and O–H groups in total. The van der Waals surface area contributed by atoms with Crippen LogP contribution in [0.5, 0.6) is 5.75 Å². The van der Waals surface area contributed by atoms with Gasteiger partial charge in [-0.25, -0.2) is 9.59 Å². The second kappa shape index (κ2) is 19.2. The Kier molecular flexibility index (Phi) is 14.8. The fourth-order valence-corrected chi connectivity index (χ4v) is 5.07. The van der Waals surface area contributed by atoms with Crippen molar-refractivity contribution in [3.63, 3.8) is 0 Å². The van der Waals surface area contributed by atoms with Crippen LogP contribution < -0.4 is 15.4 Å². The Bertz CT molecular complexity index is 1350. The molecule has 1 aliphatic rings. The van der Waals surface area contributed by atoms with Crippen molar-refractivity contribution < 1.29 is 42.7 Å². The van der Waals surface area contributed by atoms with Crippen LogP contribution in [0.2, 0.25) is 0 Å². The lowest BCUT2D eigenvalue weighted by molar-refractivity contribution is -0.307. The van der Waals surface area contributed by atoms with E-state index in [4.69, 9.17) is 33.2 Å². The lowest BCUT2D eigenvalue weighted by atomic mass is 9.98. The minimum atomic E-state index is -1.18. The van der Waals surface area contributed by atoms with Gasteiger partial charge < -0.3 is 43.8 Å². The molecule has 0 bridgehead atoms. The molecule has 3 aromatic carbocycles. The normalized spacial score (nSPS) is 20.7. The Labute approximate surface area is 284 Å². The molecule has 254 valence electrons. The number of alkyl carbamates (subject to hydrolysis) is 2. The average Bonchev–Trinajstić information content (AvgIpc) is 3.08. The molecule has 0 saturated carbocycles.